The van der Waals surface area contributed by atoms with E-state index in [0.717, 1.165) is 44.5 Å². The van der Waals surface area contributed by atoms with Crippen LogP contribution >= 0.6 is 0 Å². The second kappa shape index (κ2) is 10.8. The van der Waals surface area contributed by atoms with Gasteiger partial charge in [0, 0.05) is 37.3 Å². The summed E-state index contributed by atoms with van der Waals surface area (Å²) in [6.07, 6.45) is 2.55. The van der Waals surface area contributed by atoms with E-state index in [-0.39, 0.29) is 17.6 Å². The Bertz CT molecular complexity index is 771. The van der Waals surface area contributed by atoms with Crippen molar-refractivity contribution in [2.75, 3.05) is 44.7 Å². The lowest BCUT2D eigenvalue weighted by atomic mass is 9.89. The molecule has 0 bridgehead atoms. The SMILES string of the molecule is CN(CCCNC(=O)CN1CCC(C(=O)c2ccccc2)CC1)c1ccccc1. The maximum atomic E-state index is 12.6. The first-order valence-electron chi connectivity index (χ1n) is 10.5. The summed E-state index contributed by atoms with van der Waals surface area (Å²) in [4.78, 5) is 29.1. The molecule has 0 saturated carbocycles. The van der Waals surface area contributed by atoms with Gasteiger partial charge in [-0.05, 0) is 44.5 Å². The van der Waals surface area contributed by atoms with Crippen molar-refractivity contribution in [3.05, 3.63) is 66.2 Å². The first-order chi connectivity index (χ1) is 14.1. The number of nitrogens with zero attached hydrogens (tertiary/aromatic N) is 2. The summed E-state index contributed by atoms with van der Waals surface area (Å²) in [5.41, 5.74) is 1.98. The Hall–Kier alpha value is -2.66. The van der Waals surface area contributed by atoms with E-state index >= 15 is 0 Å². The molecule has 1 saturated heterocycles. The quantitative estimate of drug-likeness (QED) is 0.525. The van der Waals surface area contributed by atoms with E-state index in [1.54, 1.807) is 0 Å². The maximum Gasteiger partial charge on any atom is 0.234 e. The number of Topliss-reactive ketones (excluding diaryl/α,β-unsaturated/α-hetero) is 1. The summed E-state index contributed by atoms with van der Waals surface area (Å²) in [5.74, 6) is 0.377. The second-order valence-electron chi connectivity index (χ2n) is 7.74. The van der Waals surface area contributed by atoms with Gasteiger partial charge in [-0.1, -0.05) is 48.5 Å². The second-order valence-corrected chi connectivity index (χ2v) is 7.74. The molecule has 0 radical (unpaired) electrons. The van der Waals surface area contributed by atoms with Crippen LogP contribution in [-0.2, 0) is 4.79 Å². The Morgan fingerprint density at radius 3 is 2.28 bits per heavy atom. The van der Waals surface area contributed by atoms with E-state index in [1.165, 1.54) is 5.69 Å². The predicted molar refractivity (Wildman–Crippen MR) is 117 cm³/mol. The molecule has 0 aliphatic carbocycles. The fourth-order valence-corrected chi connectivity index (χ4v) is 3.81. The number of hydrogen-bond donors (Lipinski definition) is 1. The van der Waals surface area contributed by atoms with Gasteiger partial charge in [0.15, 0.2) is 5.78 Å². The highest BCUT2D eigenvalue weighted by Crippen LogP contribution is 2.21. The topological polar surface area (TPSA) is 52.7 Å². The van der Waals surface area contributed by atoms with Gasteiger partial charge in [-0.2, -0.15) is 0 Å². The number of carbonyl (C=O) groups excluding carboxylic acids is 2. The molecule has 0 atom stereocenters. The van der Waals surface area contributed by atoms with E-state index < -0.39 is 0 Å². The van der Waals surface area contributed by atoms with Crippen LogP contribution in [0.1, 0.15) is 29.6 Å². The van der Waals surface area contributed by atoms with Crippen LogP contribution in [0.15, 0.2) is 60.7 Å². The third-order valence-corrected chi connectivity index (χ3v) is 5.57. The molecule has 2 aromatic rings. The Balaban J connectivity index is 1.31. The Morgan fingerprint density at radius 1 is 1.00 bits per heavy atom. The lowest BCUT2D eigenvalue weighted by Gasteiger charge is -2.30. The van der Waals surface area contributed by atoms with Crippen molar-refractivity contribution in [2.24, 2.45) is 5.92 Å². The average Bonchev–Trinajstić information content (AvgIpc) is 2.78. The standard InChI is InChI=1S/C24H31N3O2/c1-26(22-11-6-3-7-12-22)16-8-15-25-23(28)19-27-17-13-21(14-18-27)24(29)20-9-4-2-5-10-20/h2-7,9-12,21H,8,13-19H2,1H3,(H,25,28). The number of nitrogens with one attached hydrogen (secondary N) is 1. The number of piperidine rings is 1. The van der Waals surface area contributed by atoms with Crippen molar-refractivity contribution in [2.45, 2.75) is 19.3 Å². The molecule has 0 unspecified atom stereocenters. The molecule has 5 heteroatoms. The zero-order chi connectivity index (χ0) is 20.5. The van der Waals surface area contributed by atoms with Gasteiger partial charge in [-0.15, -0.1) is 0 Å². The number of para-hydroxylation sites is 1. The normalized spacial score (nSPS) is 15.1. The van der Waals surface area contributed by atoms with Gasteiger partial charge in [-0.25, -0.2) is 0 Å². The van der Waals surface area contributed by atoms with Gasteiger partial charge in [0.1, 0.15) is 0 Å². The highest BCUT2D eigenvalue weighted by molar-refractivity contribution is 5.97. The number of ketones is 1. The van der Waals surface area contributed by atoms with Crippen LogP contribution in [0, 0.1) is 5.92 Å². The fourth-order valence-electron chi connectivity index (χ4n) is 3.81. The Kier molecular flexibility index (Phi) is 7.82. The molecule has 2 aromatic carbocycles. The minimum absolute atomic E-state index is 0.0696. The van der Waals surface area contributed by atoms with Gasteiger partial charge < -0.3 is 10.2 Å². The third-order valence-electron chi connectivity index (χ3n) is 5.57. The van der Waals surface area contributed by atoms with Crippen molar-refractivity contribution < 1.29 is 9.59 Å². The smallest absolute Gasteiger partial charge is 0.234 e. The molecule has 1 aliphatic heterocycles. The van der Waals surface area contributed by atoms with Crippen LogP contribution in [0.3, 0.4) is 0 Å². The van der Waals surface area contributed by atoms with E-state index in [4.69, 9.17) is 0 Å². The molecule has 154 valence electrons. The summed E-state index contributed by atoms with van der Waals surface area (Å²) in [7, 11) is 2.07. The summed E-state index contributed by atoms with van der Waals surface area (Å²) in [6.45, 7) is 3.60. The van der Waals surface area contributed by atoms with E-state index in [0.29, 0.717) is 13.1 Å². The number of carbonyl (C=O) groups is 2. The number of anilines is 1. The molecule has 1 aliphatic rings. The van der Waals surface area contributed by atoms with Crippen LogP contribution in [-0.4, -0.2) is 56.4 Å². The monoisotopic (exact) mass is 393 g/mol. The van der Waals surface area contributed by atoms with Gasteiger partial charge in [0.25, 0.3) is 0 Å². The third kappa shape index (κ3) is 6.43. The molecule has 1 fully saturated rings. The fraction of sp³-hybridized carbons (Fsp3) is 0.417. The number of amides is 1. The first-order valence-corrected chi connectivity index (χ1v) is 10.5. The van der Waals surface area contributed by atoms with E-state index in [9.17, 15) is 9.59 Å². The minimum atomic E-state index is 0.0696. The molecule has 1 N–H and O–H groups in total. The van der Waals surface area contributed by atoms with E-state index in [2.05, 4.69) is 34.3 Å². The number of hydrogen-bond acceptors (Lipinski definition) is 4. The number of benzene rings is 2. The molecular formula is C24H31N3O2. The van der Waals surface area contributed by atoms with Crippen molar-refractivity contribution in [3.8, 4) is 0 Å². The first kappa shape index (κ1) is 21.1. The summed E-state index contributed by atoms with van der Waals surface area (Å²) in [6, 6.07) is 19.8. The molecule has 3 rings (SSSR count). The van der Waals surface area contributed by atoms with Crippen LogP contribution in [0.2, 0.25) is 0 Å². The van der Waals surface area contributed by atoms with Crippen LogP contribution < -0.4 is 10.2 Å². The average molecular weight is 394 g/mol. The predicted octanol–water partition coefficient (Wildman–Crippen LogP) is 3.22. The molecule has 0 aromatic heterocycles. The summed E-state index contributed by atoms with van der Waals surface area (Å²) in [5, 5.41) is 3.02. The van der Waals surface area contributed by atoms with Gasteiger partial charge in [0.05, 0.1) is 6.54 Å². The lowest BCUT2D eigenvalue weighted by Crippen LogP contribution is -2.43. The molecule has 1 heterocycles. The molecule has 1 amide bonds. The Morgan fingerprint density at radius 2 is 1.62 bits per heavy atom. The van der Waals surface area contributed by atoms with Crippen molar-refractivity contribution >= 4 is 17.4 Å². The summed E-state index contributed by atoms with van der Waals surface area (Å²) >= 11 is 0. The molecule has 0 spiro atoms. The van der Waals surface area contributed by atoms with Gasteiger partial charge in [-0.3, -0.25) is 14.5 Å². The highest BCUT2D eigenvalue weighted by atomic mass is 16.2. The minimum Gasteiger partial charge on any atom is -0.375 e. The van der Waals surface area contributed by atoms with Crippen LogP contribution in [0.5, 0.6) is 0 Å². The Labute approximate surface area is 173 Å². The zero-order valence-corrected chi connectivity index (χ0v) is 17.2. The highest BCUT2D eigenvalue weighted by Gasteiger charge is 2.26. The molecule has 5 nitrogen and oxygen atoms in total. The van der Waals surface area contributed by atoms with Crippen molar-refractivity contribution in [3.63, 3.8) is 0 Å². The van der Waals surface area contributed by atoms with Gasteiger partial charge in [0.2, 0.25) is 5.91 Å². The lowest BCUT2D eigenvalue weighted by molar-refractivity contribution is -0.122. The van der Waals surface area contributed by atoms with Crippen LogP contribution in [0.4, 0.5) is 5.69 Å². The zero-order valence-electron chi connectivity index (χ0n) is 17.2. The number of rotatable bonds is 9. The van der Waals surface area contributed by atoms with Crippen molar-refractivity contribution in [1.82, 2.24) is 10.2 Å². The largest absolute Gasteiger partial charge is 0.375 e. The number of likely N-dealkylation sites (tertiary alicyclic amines) is 1. The van der Waals surface area contributed by atoms with Crippen LogP contribution in [0.25, 0.3) is 0 Å². The maximum absolute atomic E-state index is 12.6. The summed E-state index contributed by atoms with van der Waals surface area (Å²) < 4.78 is 0. The molecule has 29 heavy (non-hydrogen) atoms. The molecular weight excluding hydrogens is 362 g/mol. The van der Waals surface area contributed by atoms with E-state index in [1.807, 2.05) is 48.5 Å². The van der Waals surface area contributed by atoms with Gasteiger partial charge >= 0.3 is 0 Å². The van der Waals surface area contributed by atoms with Crippen molar-refractivity contribution in [1.29, 1.82) is 0 Å².